The molecule has 2 N–H and O–H groups in total. The van der Waals surface area contributed by atoms with E-state index in [1.165, 1.54) is 22.3 Å². The first kappa shape index (κ1) is 15.2. The summed E-state index contributed by atoms with van der Waals surface area (Å²) in [7, 11) is 0. The lowest BCUT2D eigenvalue weighted by Crippen LogP contribution is -2.47. The minimum absolute atomic E-state index is 0.0116. The number of rotatable bonds is 5. The van der Waals surface area contributed by atoms with Crippen molar-refractivity contribution in [1.82, 2.24) is 0 Å². The van der Waals surface area contributed by atoms with Gasteiger partial charge in [-0.3, -0.25) is 0 Å². The monoisotopic (exact) mass is 249 g/mol. The van der Waals surface area contributed by atoms with Crippen molar-refractivity contribution in [3.05, 3.63) is 34.4 Å². The van der Waals surface area contributed by atoms with Crippen molar-refractivity contribution in [2.45, 2.75) is 59.6 Å². The minimum atomic E-state index is -0.279. The van der Waals surface area contributed by atoms with Crippen LogP contribution in [0.15, 0.2) is 12.1 Å². The van der Waals surface area contributed by atoms with Crippen LogP contribution in [0.25, 0.3) is 0 Å². The van der Waals surface area contributed by atoms with Crippen molar-refractivity contribution in [2.24, 2.45) is 5.73 Å². The molecule has 18 heavy (non-hydrogen) atoms. The molecule has 1 atom stereocenters. The third-order valence-electron chi connectivity index (χ3n) is 3.67. The number of benzene rings is 1. The first-order chi connectivity index (χ1) is 8.27. The molecule has 0 aliphatic carbocycles. The Balaban J connectivity index is 2.91. The molecule has 1 aromatic carbocycles. The van der Waals surface area contributed by atoms with Gasteiger partial charge in [0.05, 0.1) is 5.60 Å². The number of aryl methyl sites for hydroxylation is 3. The van der Waals surface area contributed by atoms with Gasteiger partial charge in [0.2, 0.25) is 0 Å². The molecule has 102 valence electrons. The molecule has 0 bridgehead atoms. The lowest BCUT2D eigenvalue weighted by molar-refractivity contribution is -0.0288. The molecule has 0 spiro atoms. The number of hydrogen-bond acceptors (Lipinski definition) is 2. The van der Waals surface area contributed by atoms with Gasteiger partial charge in [-0.2, -0.15) is 0 Å². The van der Waals surface area contributed by atoms with Crippen LogP contribution in [-0.4, -0.2) is 18.2 Å². The quantitative estimate of drug-likeness (QED) is 0.869. The molecule has 0 heterocycles. The first-order valence-corrected chi connectivity index (χ1v) is 6.74. The van der Waals surface area contributed by atoms with Crippen LogP contribution in [0.5, 0.6) is 0 Å². The number of nitrogens with two attached hydrogens (primary N) is 1. The Bertz CT molecular complexity index is 387. The molecule has 1 aromatic rings. The van der Waals surface area contributed by atoms with Gasteiger partial charge in [0.1, 0.15) is 0 Å². The highest BCUT2D eigenvalue weighted by Crippen LogP contribution is 2.22. The maximum Gasteiger partial charge on any atom is 0.0779 e. The Morgan fingerprint density at radius 2 is 1.67 bits per heavy atom. The molecule has 0 radical (unpaired) electrons. The Morgan fingerprint density at radius 1 is 1.17 bits per heavy atom. The smallest absolute Gasteiger partial charge is 0.0779 e. The lowest BCUT2D eigenvalue weighted by atomic mass is 9.88. The summed E-state index contributed by atoms with van der Waals surface area (Å²) in [5.41, 5.74) is 11.4. The fraction of sp³-hybridized carbons (Fsp3) is 0.625. The highest BCUT2D eigenvalue weighted by atomic mass is 16.5. The summed E-state index contributed by atoms with van der Waals surface area (Å²) < 4.78 is 5.74. The van der Waals surface area contributed by atoms with Crippen molar-refractivity contribution >= 4 is 0 Å². The van der Waals surface area contributed by atoms with Crippen molar-refractivity contribution in [3.63, 3.8) is 0 Å². The molecule has 1 unspecified atom stereocenters. The SMILES string of the molecule is CCOC(C)(C)C(N)Cc1c(C)cc(C)cc1C. The Labute approximate surface area is 112 Å². The highest BCUT2D eigenvalue weighted by Gasteiger charge is 2.27. The predicted molar refractivity (Wildman–Crippen MR) is 78.0 cm³/mol. The Morgan fingerprint density at radius 3 is 2.11 bits per heavy atom. The molecular formula is C16H27NO. The van der Waals surface area contributed by atoms with Crippen molar-refractivity contribution in [1.29, 1.82) is 0 Å². The van der Waals surface area contributed by atoms with Crippen LogP contribution in [0.2, 0.25) is 0 Å². The largest absolute Gasteiger partial charge is 0.374 e. The van der Waals surface area contributed by atoms with Crippen LogP contribution in [0.4, 0.5) is 0 Å². The van der Waals surface area contributed by atoms with Gasteiger partial charge in [-0.05, 0) is 64.7 Å². The van der Waals surface area contributed by atoms with Crippen LogP contribution < -0.4 is 5.73 Å². The summed E-state index contributed by atoms with van der Waals surface area (Å²) in [5, 5.41) is 0. The molecule has 0 fully saturated rings. The molecule has 0 aliphatic heterocycles. The second-order valence-electron chi connectivity index (χ2n) is 5.72. The third-order valence-corrected chi connectivity index (χ3v) is 3.67. The van der Waals surface area contributed by atoms with Crippen LogP contribution in [-0.2, 0) is 11.2 Å². The van der Waals surface area contributed by atoms with Gasteiger partial charge < -0.3 is 10.5 Å². The third kappa shape index (κ3) is 3.56. The Hall–Kier alpha value is -0.860. The normalized spacial score (nSPS) is 13.7. The van der Waals surface area contributed by atoms with Crippen molar-refractivity contribution < 1.29 is 4.74 Å². The van der Waals surface area contributed by atoms with Crippen molar-refractivity contribution in [3.8, 4) is 0 Å². The highest BCUT2D eigenvalue weighted by molar-refractivity contribution is 5.38. The fourth-order valence-corrected chi connectivity index (χ4v) is 2.48. The number of ether oxygens (including phenoxy) is 1. The predicted octanol–water partition coefficient (Wildman–Crippen LogP) is 3.30. The zero-order valence-electron chi connectivity index (χ0n) is 12.6. The molecule has 2 nitrogen and oxygen atoms in total. The van der Waals surface area contributed by atoms with Gasteiger partial charge in [-0.1, -0.05) is 17.7 Å². The first-order valence-electron chi connectivity index (χ1n) is 6.74. The van der Waals surface area contributed by atoms with E-state index in [2.05, 4.69) is 46.8 Å². The van der Waals surface area contributed by atoms with E-state index in [9.17, 15) is 0 Å². The van der Waals surface area contributed by atoms with Gasteiger partial charge >= 0.3 is 0 Å². The van der Waals surface area contributed by atoms with E-state index in [0.717, 1.165) is 6.42 Å². The molecule has 1 rings (SSSR count). The zero-order valence-corrected chi connectivity index (χ0v) is 12.6. The average molecular weight is 249 g/mol. The molecule has 0 saturated carbocycles. The minimum Gasteiger partial charge on any atom is -0.374 e. The van der Waals surface area contributed by atoms with Gasteiger partial charge in [0, 0.05) is 12.6 Å². The number of hydrogen-bond donors (Lipinski definition) is 1. The molecule has 0 aromatic heterocycles. The van der Waals surface area contributed by atoms with E-state index >= 15 is 0 Å². The van der Waals surface area contributed by atoms with Crippen LogP contribution in [0.1, 0.15) is 43.0 Å². The summed E-state index contributed by atoms with van der Waals surface area (Å²) in [6, 6.07) is 4.46. The summed E-state index contributed by atoms with van der Waals surface area (Å²) in [6.45, 7) is 13.3. The summed E-state index contributed by atoms with van der Waals surface area (Å²) in [6.07, 6.45) is 0.866. The lowest BCUT2D eigenvalue weighted by Gasteiger charge is -2.32. The molecule has 0 amide bonds. The average Bonchev–Trinajstić information content (AvgIpc) is 2.22. The van der Waals surface area contributed by atoms with E-state index in [4.69, 9.17) is 10.5 Å². The van der Waals surface area contributed by atoms with Crippen LogP contribution in [0.3, 0.4) is 0 Å². The van der Waals surface area contributed by atoms with Crippen LogP contribution in [0, 0.1) is 20.8 Å². The molecule has 2 heteroatoms. The van der Waals surface area contributed by atoms with E-state index < -0.39 is 0 Å². The topological polar surface area (TPSA) is 35.2 Å². The van der Waals surface area contributed by atoms with Crippen molar-refractivity contribution in [2.75, 3.05) is 6.61 Å². The molecular weight excluding hydrogens is 222 g/mol. The van der Waals surface area contributed by atoms with Crippen LogP contribution >= 0.6 is 0 Å². The van der Waals surface area contributed by atoms with E-state index in [0.29, 0.717) is 6.61 Å². The fourth-order valence-electron chi connectivity index (χ4n) is 2.48. The van der Waals surface area contributed by atoms with Gasteiger partial charge in [0.25, 0.3) is 0 Å². The maximum atomic E-state index is 6.32. The molecule has 0 saturated heterocycles. The second-order valence-corrected chi connectivity index (χ2v) is 5.72. The van der Waals surface area contributed by atoms with Gasteiger partial charge in [0.15, 0.2) is 0 Å². The summed E-state index contributed by atoms with van der Waals surface area (Å²) in [5.74, 6) is 0. The van der Waals surface area contributed by atoms with Gasteiger partial charge in [-0.15, -0.1) is 0 Å². The standard InChI is InChI=1S/C16H27NO/c1-7-18-16(5,6)15(17)10-14-12(3)8-11(2)9-13(14)4/h8-9,15H,7,10,17H2,1-6H3. The second kappa shape index (κ2) is 5.85. The Kier molecular flexibility index (Phi) is 4.94. The van der Waals surface area contributed by atoms with E-state index in [-0.39, 0.29) is 11.6 Å². The van der Waals surface area contributed by atoms with E-state index in [1.54, 1.807) is 0 Å². The van der Waals surface area contributed by atoms with E-state index in [1.807, 2.05) is 6.92 Å². The summed E-state index contributed by atoms with van der Waals surface area (Å²) >= 11 is 0. The summed E-state index contributed by atoms with van der Waals surface area (Å²) in [4.78, 5) is 0. The maximum absolute atomic E-state index is 6.32. The molecule has 0 aliphatic rings. The zero-order chi connectivity index (χ0) is 13.9. The van der Waals surface area contributed by atoms with Gasteiger partial charge in [-0.25, -0.2) is 0 Å².